The number of carboxylic acids is 4. The zero-order valence-electron chi connectivity index (χ0n) is 28.8. The first-order valence-electron chi connectivity index (χ1n) is 16.8. The largest absolute Gasteiger partial charge is 0.481 e. The van der Waals surface area contributed by atoms with Gasteiger partial charge in [0.25, 0.3) is 0 Å². The molecule has 0 aromatic carbocycles. The fourth-order valence-electron chi connectivity index (χ4n) is 7.76. The maximum Gasteiger partial charge on any atom is 0.303 e. The maximum atomic E-state index is 11.8. The number of aromatic amines is 4. The number of hydrogen-bond acceptors (Lipinski definition) is 4. The Kier molecular flexibility index (Phi) is 10.3. The first-order valence-corrected chi connectivity index (χ1v) is 16.8. The van der Waals surface area contributed by atoms with Crippen LogP contribution in [0.5, 0.6) is 0 Å². The Bertz CT molecular complexity index is 1930. The van der Waals surface area contributed by atoms with E-state index in [1.54, 1.807) is 0 Å². The fourth-order valence-corrected chi connectivity index (χ4v) is 7.76. The van der Waals surface area contributed by atoms with E-state index >= 15 is 0 Å². The normalized spacial score (nSPS) is 13.4. The average Bonchev–Trinajstić information content (AvgIpc) is 3.67. The van der Waals surface area contributed by atoms with Gasteiger partial charge < -0.3 is 40.4 Å². The monoisotopic (exact) mass is 674 g/mol. The Morgan fingerprint density at radius 2 is 0.796 bits per heavy atom. The molecule has 5 heterocycles. The molecule has 5 rings (SSSR count). The highest BCUT2D eigenvalue weighted by molar-refractivity contribution is 5.69. The van der Waals surface area contributed by atoms with Crippen molar-refractivity contribution in [2.45, 2.75) is 111 Å². The third kappa shape index (κ3) is 7.53. The number of fused-ring (bicyclic) bond motifs is 8. The lowest BCUT2D eigenvalue weighted by Gasteiger charge is -2.13. The van der Waals surface area contributed by atoms with Gasteiger partial charge in [-0.15, -0.1) is 0 Å². The van der Waals surface area contributed by atoms with Gasteiger partial charge >= 0.3 is 23.9 Å². The summed E-state index contributed by atoms with van der Waals surface area (Å²) in [4.78, 5) is 61.3. The Morgan fingerprint density at radius 3 is 1.16 bits per heavy atom. The molecule has 0 amide bonds. The second-order valence-corrected chi connectivity index (χ2v) is 13.6. The van der Waals surface area contributed by atoms with E-state index in [4.69, 9.17) is 0 Å². The van der Waals surface area contributed by atoms with Crippen molar-refractivity contribution in [3.05, 3.63) is 90.1 Å². The lowest BCUT2D eigenvalue weighted by atomic mass is 9.91. The summed E-state index contributed by atoms with van der Waals surface area (Å²) in [6, 6.07) is 0. The van der Waals surface area contributed by atoms with Gasteiger partial charge in [0.15, 0.2) is 0 Å². The van der Waals surface area contributed by atoms with Crippen molar-refractivity contribution in [3.8, 4) is 0 Å². The first kappa shape index (κ1) is 35.3. The Hall–Kier alpha value is -5.00. The van der Waals surface area contributed by atoms with Gasteiger partial charge in [0.05, 0.1) is 6.42 Å². The number of rotatable bonds is 12. The van der Waals surface area contributed by atoms with Crippen LogP contribution in [0.15, 0.2) is 0 Å². The molecule has 0 fully saturated rings. The van der Waals surface area contributed by atoms with Gasteiger partial charge in [0, 0.05) is 90.5 Å². The second kappa shape index (κ2) is 14.2. The summed E-state index contributed by atoms with van der Waals surface area (Å²) >= 11 is 0. The number of aliphatic carboxylic acids is 4. The zero-order valence-corrected chi connectivity index (χ0v) is 28.8. The van der Waals surface area contributed by atoms with Gasteiger partial charge in [-0.2, -0.15) is 0 Å². The number of carboxylic acid groups (broad SMARTS) is 4. The molecule has 12 heteroatoms. The van der Waals surface area contributed by atoms with Crippen molar-refractivity contribution in [3.63, 3.8) is 0 Å². The van der Waals surface area contributed by atoms with E-state index in [9.17, 15) is 39.6 Å². The van der Waals surface area contributed by atoms with Crippen molar-refractivity contribution in [1.29, 1.82) is 0 Å². The van der Waals surface area contributed by atoms with Crippen LogP contribution in [-0.2, 0) is 64.1 Å². The third-order valence-electron chi connectivity index (χ3n) is 10.4. The Balaban J connectivity index is 1.74. The molecule has 12 nitrogen and oxygen atoms in total. The van der Waals surface area contributed by atoms with Crippen LogP contribution >= 0.6 is 0 Å². The quantitative estimate of drug-likeness (QED) is 0.0840. The SMILES string of the molecule is Cc1c2[nH]c(c1CCC(=O)O)Cc1[nH]c(c(C(C)CC(=O)O)c1C)Cc1[nH]c(c(CCC(=O)O)c1C)Cc1[nH]c(c(C)c1CCC(=O)O)C2. The summed E-state index contributed by atoms with van der Waals surface area (Å²) < 4.78 is 0. The summed E-state index contributed by atoms with van der Waals surface area (Å²) in [5.74, 6) is -3.86. The van der Waals surface area contributed by atoms with Crippen LogP contribution in [0.25, 0.3) is 0 Å². The average molecular weight is 675 g/mol. The molecule has 49 heavy (non-hydrogen) atoms. The van der Waals surface area contributed by atoms with Crippen molar-refractivity contribution >= 4 is 23.9 Å². The molecule has 0 aliphatic carbocycles. The molecule has 1 aliphatic rings. The zero-order chi connectivity index (χ0) is 35.7. The van der Waals surface area contributed by atoms with Gasteiger partial charge in [-0.3, -0.25) is 19.2 Å². The summed E-state index contributed by atoms with van der Waals surface area (Å²) in [5, 5.41) is 38.4. The van der Waals surface area contributed by atoms with Crippen LogP contribution in [0.2, 0.25) is 0 Å². The minimum absolute atomic E-state index is 0.0234. The van der Waals surface area contributed by atoms with E-state index in [2.05, 4.69) is 19.9 Å². The third-order valence-corrected chi connectivity index (χ3v) is 10.4. The second-order valence-electron chi connectivity index (χ2n) is 13.6. The summed E-state index contributed by atoms with van der Waals surface area (Å²) in [6.45, 7) is 9.87. The molecule has 1 aliphatic heterocycles. The number of hydrogen-bond donors (Lipinski definition) is 8. The first-order chi connectivity index (χ1) is 23.1. The smallest absolute Gasteiger partial charge is 0.303 e. The fraction of sp³-hybridized carbons (Fsp3) is 0.459. The van der Waals surface area contributed by atoms with E-state index < -0.39 is 23.9 Å². The molecule has 4 aromatic rings. The van der Waals surface area contributed by atoms with Crippen LogP contribution in [0.3, 0.4) is 0 Å². The van der Waals surface area contributed by atoms with Gasteiger partial charge in [0.2, 0.25) is 0 Å². The lowest BCUT2D eigenvalue weighted by Crippen LogP contribution is -2.06. The summed E-state index contributed by atoms with van der Waals surface area (Å²) in [6.07, 6.45) is 2.67. The van der Waals surface area contributed by atoms with Crippen LogP contribution in [0, 0.1) is 27.7 Å². The maximum absolute atomic E-state index is 11.8. The molecule has 262 valence electrons. The van der Waals surface area contributed by atoms with Crippen LogP contribution in [0.1, 0.15) is 129 Å². The highest BCUT2D eigenvalue weighted by Crippen LogP contribution is 2.35. The van der Waals surface area contributed by atoms with Gasteiger partial charge in [-0.1, -0.05) is 6.92 Å². The molecule has 0 radical (unpaired) electrons. The van der Waals surface area contributed by atoms with E-state index in [1.807, 2.05) is 34.6 Å². The lowest BCUT2D eigenvalue weighted by molar-refractivity contribution is -0.138. The number of nitrogens with one attached hydrogen (secondary N) is 4. The molecular formula is C37H46N4O8. The van der Waals surface area contributed by atoms with Crippen molar-refractivity contribution in [2.24, 2.45) is 0 Å². The minimum Gasteiger partial charge on any atom is -0.481 e. The van der Waals surface area contributed by atoms with Gasteiger partial charge in [-0.25, -0.2) is 0 Å². The van der Waals surface area contributed by atoms with Crippen molar-refractivity contribution < 1.29 is 39.6 Å². The molecule has 0 spiro atoms. The highest BCUT2D eigenvalue weighted by Gasteiger charge is 2.27. The molecule has 1 unspecified atom stereocenters. The Morgan fingerprint density at radius 1 is 0.490 bits per heavy atom. The van der Waals surface area contributed by atoms with Crippen LogP contribution < -0.4 is 0 Å². The molecule has 8 bridgehead atoms. The van der Waals surface area contributed by atoms with Crippen molar-refractivity contribution in [1.82, 2.24) is 19.9 Å². The standard InChI is InChI=1S/C37H46N4O8/c1-17(12-36(48)49)37-21(5)28-14-29-22(6-9-33(42)43)18(2)25(38-29)13-26-19(3)23(7-10-34(44)45)30(39-26)16-31-24(8-11-35(46)47)20(4)27(40-31)15-32(37)41-28/h17,38-41H,6-16H2,1-5H3,(H,42,43)(H,44,45)(H,46,47)(H,48,49). The van der Waals surface area contributed by atoms with Gasteiger partial charge in [0.1, 0.15) is 0 Å². The highest BCUT2D eigenvalue weighted by atomic mass is 16.4. The Labute approximate surface area is 284 Å². The molecule has 4 aromatic heterocycles. The minimum atomic E-state index is -0.899. The predicted molar refractivity (Wildman–Crippen MR) is 182 cm³/mol. The molecule has 1 atom stereocenters. The predicted octanol–water partition coefficient (Wildman–Crippen LogP) is 5.54. The van der Waals surface area contributed by atoms with E-state index in [0.29, 0.717) is 44.9 Å². The van der Waals surface area contributed by atoms with Crippen molar-refractivity contribution in [2.75, 3.05) is 0 Å². The van der Waals surface area contributed by atoms with E-state index in [-0.39, 0.29) is 31.6 Å². The van der Waals surface area contributed by atoms with Gasteiger partial charge in [-0.05, 0) is 97.4 Å². The molecule has 0 saturated carbocycles. The number of H-pyrrole nitrogens is 4. The summed E-state index contributed by atoms with van der Waals surface area (Å²) in [5.41, 5.74) is 14.8. The molecular weight excluding hydrogens is 628 g/mol. The van der Waals surface area contributed by atoms with E-state index in [1.165, 1.54) is 0 Å². The number of aromatic nitrogens is 4. The van der Waals surface area contributed by atoms with Crippen LogP contribution in [-0.4, -0.2) is 64.2 Å². The topological polar surface area (TPSA) is 212 Å². The molecule has 0 saturated heterocycles. The number of carbonyl (C=O) groups is 4. The molecule has 8 N–H and O–H groups in total. The van der Waals surface area contributed by atoms with E-state index in [0.717, 1.165) is 90.1 Å². The summed E-state index contributed by atoms with van der Waals surface area (Å²) in [7, 11) is 0. The van der Waals surface area contributed by atoms with Crippen LogP contribution in [0.4, 0.5) is 0 Å².